The fourth-order valence-corrected chi connectivity index (χ4v) is 0.253. The van der Waals surface area contributed by atoms with Crippen LogP contribution in [0.4, 0.5) is 0 Å². The zero-order chi connectivity index (χ0) is 6.95. The van der Waals surface area contributed by atoms with Crippen LogP contribution in [0.1, 0.15) is 0 Å². The lowest BCUT2D eigenvalue weighted by Crippen LogP contribution is -1.79. The van der Waals surface area contributed by atoms with Crippen molar-refractivity contribution in [3.63, 3.8) is 0 Å². The average Bonchev–Trinajstić information content (AvgIpc) is 1.93. The number of rotatable bonds is 0. The van der Waals surface area contributed by atoms with Gasteiger partial charge in [0.05, 0.1) is 5.49 Å². The molecule has 0 aliphatic carbocycles. The molecule has 0 aliphatic heterocycles. The van der Waals surface area contributed by atoms with E-state index in [1.807, 2.05) is 12.1 Å². The smallest absolute Gasteiger partial charge is 0.0588 e. The minimum Gasteiger partial charge on any atom is -0.396 e. The van der Waals surface area contributed by atoms with Crippen LogP contribution in [0.3, 0.4) is 0 Å². The third-order valence-electron chi connectivity index (χ3n) is 0.483. The number of nitrogens with two attached hydrogens (primary N) is 1. The minimum atomic E-state index is 1.08. The van der Waals surface area contributed by atoms with Gasteiger partial charge in [-0.05, 0) is 12.1 Å². The number of nitrogens with zero attached hydrogens (tertiary/aromatic N) is 2. The highest BCUT2D eigenvalue weighted by Gasteiger charge is 1.59. The third-order valence-corrected chi connectivity index (χ3v) is 0.483. The molecule has 1 aromatic heterocycles. The Kier molecular flexibility index (Phi) is 6.17. The highest BCUT2D eigenvalue weighted by Crippen LogP contribution is 1.68. The third kappa shape index (κ3) is 6.97. The van der Waals surface area contributed by atoms with Gasteiger partial charge in [0.1, 0.15) is 0 Å². The molecule has 0 aromatic carbocycles. The zero-order valence-electron chi connectivity index (χ0n) is 4.77. The maximum absolute atomic E-state index is 4.54. The first kappa shape index (κ1) is 7.97. The number of hydrogen-bond acceptors (Lipinski definition) is 3. The molecule has 0 saturated heterocycles. The van der Waals surface area contributed by atoms with Crippen LogP contribution in [0.15, 0.2) is 24.5 Å². The summed E-state index contributed by atoms with van der Waals surface area (Å²) in [4.78, 5) is 0. The van der Waals surface area contributed by atoms with Crippen molar-refractivity contribution in [1.29, 1.82) is 0 Å². The second kappa shape index (κ2) is 6.97. The predicted molar refractivity (Wildman–Crippen MR) is 39.9 cm³/mol. The maximum atomic E-state index is 4.54. The molecule has 0 spiro atoms. The summed E-state index contributed by atoms with van der Waals surface area (Å²) in [5.74, 6) is 0. The molecule has 1 aromatic rings. The van der Waals surface area contributed by atoms with E-state index in [2.05, 4.69) is 28.1 Å². The summed E-state index contributed by atoms with van der Waals surface area (Å²) in [6, 6.07) is 3.65. The van der Waals surface area contributed by atoms with Gasteiger partial charge in [-0.3, -0.25) is 0 Å². The molecule has 1 heterocycles. The Bertz CT molecular complexity index is 115. The van der Waals surface area contributed by atoms with Gasteiger partial charge in [0.2, 0.25) is 0 Å². The summed E-state index contributed by atoms with van der Waals surface area (Å²) in [6.07, 6.45) is 3.28. The summed E-state index contributed by atoms with van der Waals surface area (Å²) in [7, 11) is 0. The van der Waals surface area contributed by atoms with E-state index in [-0.39, 0.29) is 0 Å². The van der Waals surface area contributed by atoms with Crippen molar-refractivity contribution in [2.24, 2.45) is 5.73 Å². The lowest BCUT2D eigenvalue weighted by Gasteiger charge is -1.69. The molecule has 0 bridgehead atoms. The van der Waals surface area contributed by atoms with Crippen molar-refractivity contribution in [2.75, 3.05) is 0 Å². The summed E-state index contributed by atoms with van der Waals surface area (Å²) >= 11 is 4.05. The Morgan fingerprint density at radius 3 is 1.67 bits per heavy atom. The molecule has 0 radical (unpaired) electrons. The number of hydrogen-bond donors (Lipinski definition) is 1. The molecular weight excluding hydrogens is 134 g/mol. The van der Waals surface area contributed by atoms with E-state index in [4.69, 9.17) is 0 Å². The molecular formula is C5H7N3S. The van der Waals surface area contributed by atoms with Crippen LogP contribution < -0.4 is 5.73 Å². The van der Waals surface area contributed by atoms with Gasteiger partial charge in [-0.15, -0.1) is 0 Å². The van der Waals surface area contributed by atoms with Crippen LogP contribution in [0.25, 0.3) is 0 Å². The monoisotopic (exact) mass is 141 g/mol. The van der Waals surface area contributed by atoms with E-state index < -0.39 is 0 Å². The Morgan fingerprint density at radius 2 is 1.56 bits per heavy atom. The number of aromatic nitrogens is 2. The fourth-order valence-electron chi connectivity index (χ4n) is 0.253. The molecule has 9 heavy (non-hydrogen) atoms. The highest BCUT2D eigenvalue weighted by molar-refractivity contribution is 7.78. The normalized spacial score (nSPS) is 6.67. The lowest BCUT2D eigenvalue weighted by atomic mass is 10.6. The van der Waals surface area contributed by atoms with Crippen LogP contribution in [-0.4, -0.2) is 15.7 Å². The average molecular weight is 141 g/mol. The molecule has 1 rings (SSSR count). The first-order chi connectivity index (χ1) is 4.41. The molecule has 3 nitrogen and oxygen atoms in total. The van der Waals surface area contributed by atoms with Crippen molar-refractivity contribution in [2.45, 2.75) is 0 Å². The van der Waals surface area contributed by atoms with Crippen molar-refractivity contribution in [3.05, 3.63) is 24.5 Å². The Hall–Kier alpha value is -1.03. The number of thiocarbonyl (C=S) groups is 1. The second-order valence-electron chi connectivity index (χ2n) is 1.05. The standard InChI is InChI=1S/C4H4N2.CH3NS/c1-2-4-6-5-3-1;2-1-3/h1-4H;1H,(H2,2,3). The predicted octanol–water partition coefficient (Wildman–Crippen LogP) is 0.379. The minimum absolute atomic E-state index is 1.08. The van der Waals surface area contributed by atoms with Crippen molar-refractivity contribution >= 4 is 17.7 Å². The SMILES string of the molecule is NC=S.c1ccnnc1. The van der Waals surface area contributed by atoms with Gasteiger partial charge in [-0.1, -0.05) is 12.2 Å². The molecule has 0 amide bonds. The maximum Gasteiger partial charge on any atom is 0.0588 e. The summed E-state index contributed by atoms with van der Waals surface area (Å²) < 4.78 is 0. The second-order valence-corrected chi connectivity index (χ2v) is 1.32. The van der Waals surface area contributed by atoms with E-state index in [1.165, 1.54) is 0 Å². The van der Waals surface area contributed by atoms with Crippen LogP contribution in [0, 0.1) is 0 Å². The summed E-state index contributed by atoms with van der Waals surface area (Å²) in [5.41, 5.74) is 5.62. The van der Waals surface area contributed by atoms with Crippen molar-refractivity contribution < 1.29 is 0 Å². The highest BCUT2D eigenvalue weighted by atomic mass is 32.1. The molecule has 0 fully saturated rings. The van der Waals surface area contributed by atoms with Crippen molar-refractivity contribution in [1.82, 2.24) is 10.2 Å². The van der Waals surface area contributed by atoms with Gasteiger partial charge in [-0.2, -0.15) is 10.2 Å². The molecule has 0 aliphatic rings. The largest absolute Gasteiger partial charge is 0.396 e. The van der Waals surface area contributed by atoms with Crippen molar-refractivity contribution in [3.8, 4) is 0 Å². The Balaban J connectivity index is 0.000000187. The van der Waals surface area contributed by atoms with Crippen LogP contribution in [0.2, 0.25) is 0 Å². The van der Waals surface area contributed by atoms with Gasteiger partial charge in [0.25, 0.3) is 0 Å². The van der Waals surface area contributed by atoms with Gasteiger partial charge < -0.3 is 5.73 Å². The first-order valence-corrected chi connectivity index (χ1v) is 2.76. The summed E-state index contributed by atoms with van der Waals surface area (Å²) in [5, 5.41) is 7.07. The van der Waals surface area contributed by atoms with Gasteiger partial charge >= 0.3 is 0 Å². The van der Waals surface area contributed by atoms with Gasteiger partial charge in [0.15, 0.2) is 0 Å². The Morgan fingerprint density at radius 1 is 1.22 bits per heavy atom. The lowest BCUT2D eigenvalue weighted by molar-refractivity contribution is 1.03. The summed E-state index contributed by atoms with van der Waals surface area (Å²) in [6.45, 7) is 0. The van der Waals surface area contributed by atoms with Crippen LogP contribution >= 0.6 is 12.2 Å². The molecule has 48 valence electrons. The van der Waals surface area contributed by atoms with E-state index >= 15 is 0 Å². The van der Waals surface area contributed by atoms with Gasteiger partial charge in [0, 0.05) is 12.4 Å². The van der Waals surface area contributed by atoms with E-state index in [9.17, 15) is 0 Å². The molecule has 0 saturated carbocycles. The fraction of sp³-hybridized carbons (Fsp3) is 0. The zero-order valence-corrected chi connectivity index (χ0v) is 5.58. The first-order valence-electron chi connectivity index (χ1n) is 2.29. The molecule has 4 heteroatoms. The van der Waals surface area contributed by atoms with Gasteiger partial charge in [-0.25, -0.2) is 0 Å². The van der Waals surface area contributed by atoms with E-state index in [0.717, 1.165) is 5.49 Å². The quantitative estimate of drug-likeness (QED) is 0.531. The Labute approximate surface area is 58.9 Å². The van der Waals surface area contributed by atoms with Crippen LogP contribution in [-0.2, 0) is 0 Å². The molecule has 0 unspecified atom stereocenters. The molecule has 0 atom stereocenters. The van der Waals surface area contributed by atoms with E-state index in [1.54, 1.807) is 12.4 Å². The van der Waals surface area contributed by atoms with Crippen LogP contribution in [0.5, 0.6) is 0 Å². The molecule has 2 N–H and O–H groups in total. The topological polar surface area (TPSA) is 51.8 Å². The van der Waals surface area contributed by atoms with E-state index in [0.29, 0.717) is 0 Å².